The number of hydrogen-bond donors (Lipinski definition) is 0. The van der Waals surface area contributed by atoms with Gasteiger partial charge in [-0.15, -0.1) is 0 Å². The van der Waals surface area contributed by atoms with Gasteiger partial charge in [-0.3, -0.25) is 9.59 Å². The van der Waals surface area contributed by atoms with Crippen LogP contribution < -0.4 is 9.47 Å². The van der Waals surface area contributed by atoms with E-state index < -0.39 is 0 Å². The van der Waals surface area contributed by atoms with Gasteiger partial charge in [-0.2, -0.15) is 0 Å². The Labute approximate surface area is 197 Å². The molecule has 3 heterocycles. The average Bonchev–Trinajstić information content (AvgIpc) is 3.31. The van der Waals surface area contributed by atoms with E-state index in [1.807, 2.05) is 48.2 Å². The standard InChI is InChI=1S/C18H25N3O2.C7H6O2.CH4/c1-4-16-7-5-6-10-21(16)17-8-12-20(13-15(17)2)18(23)9-11-19(3)14-22;1-2-4-7-6(3-1)8-5-9-7;/h4-7,10,14H,8-9,11-13H2,1-3H3;1-4H,5H2;1H4/b16-4-;;. The van der Waals surface area contributed by atoms with E-state index in [0.717, 1.165) is 36.6 Å². The Morgan fingerprint density at radius 3 is 2.48 bits per heavy atom. The lowest BCUT2D eigenvalue weighted by Crippen LogP contribution is -2.40. The number of carbonyl (C=O) groups is 2. The predicted octanol–water partition coefficient (Wildman–Crippen LogP) is 4.31. The van der Waals surface area contributed by atoms with Crippen LogP contribution in [0.2, 0.25) is 0 Å². The van der Waals surface area contributed by atoms with Gasteiger partial charge in [0, 0.05) is 57.1 Å². The largest absolute Gasteiger partial charge is 0.454 e. The van der Waals surface area contributed by atoms with Crippen LogP contribution in [-0.4, -0.2) is 60.5 Å². The van der Waals surface area contributed by atoms with Crippen LogP contribution >= 0.6 is 0 Å². The van der Waals surface area contributed by atoms with Crippen LogP contribution in [0.25, 0.3) is 0 Å². The van der Waals surface area contributed by atoms with Gasteiger partial charge in [0.2, 0.25) is 19.1 Å². The summed E-state index contributed by atoms with van der Waals surface area (Å²) in [7, 11) is 1.69. The number of allylic oxidation sites excluding steroid dienone is 4. The highest BCUT2D eigenvalue weighted by molar-refractivity contribution is 5.77. The first-order chi connectivity index (χ1) is 15.5. The molecule has 3 aliphatic heterocycles. The van der Waals surface area contributed by atoms with Crippen LogP contribution in [-0.2, 0) is 9.59 Å². The number of carbonyl (C=O) groups excluding carboxylic acids is 2. The quantitative estimate of drug-likeness (QED) is 0.622. The normalized spacial score (nSPS) is 17.4. The second kappa shape index (κ2) is 12.5. The van der Waals surface area contributed by atoms with Gasteiger partial charge in [0.1, 0.15) is 0 Å². The zero-order chi connectivity index (χ0) is 22.9. The summed E-state index contributed by atoms with van der Waals surface area (Å²) in [6.45, 7) is 6.33. The number of hydrogen-bond acceptors (Lipinski definition) is 5. The van der Waals surface area contributed by atoms with Gasteiger partial charge in [-0.1, -0.05) is 31.7 Å². The Kier molecular flexibility index (Phi) is 9.79. The number of rotatable bonds is 5. The number of amides is 2. The molecule has 0 atom stereocenters. The van der Waals surface area contributed by atoms with Crippen LogP contribution in [0.1, 0.15) is 34.1 Å². The molecule has 0 radical (unpaired) electrons. The van der Waals surface area contributed by atoms with Crippen molar-refractivity contribution in [3.05, 3.63) is 71.7 Å². The molecule has 0 fully saturated rings. The SMILES string of the molecule is C.C/C=C1/C=CC=CN1C1=C(C)CN(C(=O)CCN(C)C=O)CC1.c1ccc2c(c1)OCO2. The molecule has 1 aromatic rings. The fourth-order valence-electron chi connectivity index (χ4n) is 3.72. The van der Waals surface area contributed by atoms with E-state index in [-0.39, 0.29) is 13.3 Å². The molecular weight excluding hydrogens is 418 g/mol. The molecule has 0 unspecified atom stereocenters. The third kappa shape index (κ3) is 6.75. The van der Waals surface area contributed by atoms with Crippen molar-refractivity contribution in [2.24, 2.45) is 0 Å². The van der Waals surface area contributed by atoms with E-state index in [0.29, 0.717) is 26.3 Å². The van der Waals surface area contributed by atoms with Crippen LogP contribution in [0.3, 0.4) is 0 Å². The summed E-state index contributed by atoms with van der Waals surface area (Å²) in [5.74, 6) is 1.80. The van der Waals surface area contributed by atoms with Gasteiger partial charge in [-0.05, 0) is 43.7 Å². The minimum Gasteiger partial charge on any atom is -0.454 e. The van der Waals surface area contributed by atoms with Gasteiger partial charge in [0.15, 0.2) is 11.5 Å². The van der Waals surface area contributed by atoms with E-state index in [4.69, 9.17) is 9.47 Å². The molecular formula is C26H35N3O4. The fourth-order valence-corrected chi connectivity index (χ4v) is 3.72. The lowest BCUT2D eigenvalue weighted by molar-refractivity contribution is -0.131. The van der Waals surface area contributed by atoms with Crippen molar-refractivity contribution in [3.63, 3.8) is 0 Å². The number of fused-ring (bicyclic) bond motifs is 1. The van der Waals surface area contributed by atoms with E-state index >= 15 is 0 Å². The molecule has 7 heteroatoms. The molecule has 178 valence electrons. The number of ether oxygens (including phenoxy) is 2. The summed E-state index contributed by atoms with van der Waals surface area (Å²) in [5, 5.41) is 0. The first-order valence-electron chi connectivity index (χ1n) is 10.8. The van der Waals surface area contributed by atoms with Gasteiger partial charge in [-0.25, -0.2) is 0 Å². The van der Waals surface area contributed by atoms with E-state index in [9.17, 15) is 9.59 Å². The smallest absolute Gasteiger partial charge is 0.231 e. The minimum absolute atomic E-state index is 0. The van der Waals surface area contributed by atoms with Crippen LogP contribution in [0.5, 0.6) is 11.5 Å². The Balaban J connectivity index is 0.000000319. The highest BCUT2D eigenvalue weighted by atomic mass is 16.7. The number of nitrogens with zero attached hydrogens (tertiary/aromatic N) is 3. The molecule has 0 aliphatic carbocycles. The van der Waals surface area contributed by atoms with Gasteiger partial charge >= 0.3 is 0 Å². The van der Waals surface area contributed by atoms with Crippen molar-refractivity contribution in [2.75, 3.05) is 33.5 Å². The molecule has 0 saturated carbocycles. The third-order valence-corrected chi connectivity index (χ3v) is 5.51. The van der Waals surface area contributed by atoms with Crippen molar-refractivity contribution in [2.45, 2.75) is 34.1 Å². The maximum atomic E-state index is 12.3. The summed E-state index contributed by atoms with van der Waals surface area (Å²) in [4.78, 5) is 28.5. The fraction of sp³-hybridized carbons (Fsp3) is 0.385. The van der Waals surface area contributed by atoms with Crippen molar-refractivity contribution >= 4 is 12.3 Å². The predicted molar refractivity (Wildman–Crippen MR) is 130 cm³/mol. The first kappa shape index (κ1) is 25.8. The number of para-hydroxylation sites is 2. The van der Waals surface area contributed by atoms with Gasteiger partial charge in [0.25, 0.3) is 0 Å². The highest BCUT2D eigenvalue weighted by Crippen LogP contribution is 2.30. The lowest BCUT2D eigenvalue weighted by Gasteiger charge is -2.35. The Bertz CT molecular complexity index is 926. The maximum Gasteiger partial charge on any atom is 0.231 e. The minimum atomic E-state index is 0. The van der Waals surface area contributed by atoms with E-state index in [1.165, 1.54) is 16.2 Å². The second-order valence-corrected chi connectivity index (χ2v) is 7.77. The van der Waals surface area contributed by atoms with Crippen LogP contribution in [0.4, 0.5) is 0 Å². The second-order valence-electron chi connectivity index (χ2n) is 7.77. The molecule has 2 amide bonds. The molecule has 0 aromatic heterocycles. The summed E-state index contributed by atoms with van der Waals surface area (Å²) in [6, 6.07) is 7.63. The zero-order valence-corrected chi connectivity index (χ0v) is 19.0. The first-order valence-corrected chi connectivity index (χ1v) is 10.8. The van der Waals surface area contributed by atoms with Crippen LogP contribution in [0.15, 0.2) is 71.7 Å². The molecule has 3 aliphatic rings. The average molecular weight is 454 g/mol. The highest BCUT2D eigenvalue weighted by Gasteiger charge is 2.24. The summed E-state index contributed by atoms with van der Waals surface area (Å²) in [6.07, 6.45) is 12.3. The van der Waals surface area contributed by atoms with E-state index in [1.54, 1.807) is 7.05 Å². The molecule has 0 spiro atoms. The van der Waals surface area contributed by atoms with Crippen LogP contribution in [0, 0.1) is 0 Å². The molecule has 7 nitrogen and oxygen atoms in total. The summed E-state index contributed by atoms with van der Waals surface area (Å²) < 4.78 is 10.2. The van der Waals surface area contributed by atoms with Gasteiger partial charge < -0.3 is 24.2 Å². The molecule has 1 aromatic carbocycles. The van der Waals surface area contributed by atoms with Crippen molar-refractivity contribution in [3.8, 4) is 11.5 Å². The monoisotopic (exact) mass is 453 g/mol. The van der Waals surface area contributed by atoms with Gasteiger partial charge in [0.05, 0.1) is 0 Å². The summed E-state index contributed by atoms with van der Waals surface area (Å²) >= 11 is 0. The van der Waals surface area contributed by atoms with Crippen molar-refractivity contribution in [1.82, 2.24) is 14.7 Å². The van der Waals surface area contributed by atoms with Crippen molar-refractivity contribution < 1.29 is 19.1 Å². The maximum absolute atomic E-state index is 12.3. The van der Waals surface area contributed by atoms with Crippen molar-refractivity contribution in [1.29, 1.82) is 0 Å². The third-order valence-electron chi connectivity index (χ3n) is 5.51. The Morgan fingerprint density at radius 1 is 1.18 bits per heavy atom. The number of benzene rings is 1. The topological polar surface area (TPSA) is 62.3 Å². The van der Waals surface area contributed by atoms with E-state index in [2.05, 4.69) is 30.2 Å². The summed E-state index contributed by atoms with van der Waals surface area (Å²) in [5.41, 5.74) is 3.65. The zero-order valence-electron chi connectivity index (χ0n) is 19.0. The molecule has 0 saturated heterocycles. The molecule has 0 N–H and O–H groups in total. The molecule has 33 heavy (non-hydrogen) atoms. The molecule has 0 bridgehead atoms. The lowest BCUT2D eigenvalue weighted by atomic mass is 10.0. The molecule has 4 rings (SSSR count). The Hall–Kier alpha value is -3.48. The Morgan fingerprint density at radius 2 is 1.88 bits per heavy atom.